The summed E-state index contributed by atoms with van der Waals surface area (Å²) < 4.78 is 12.5. The van der Waals surface area contributed by atoms with Gasteiger partial charge in [0.25, 0.3) is 5.91 Å². The lowest BCUT2D eigenvalue weighted by Gasteiger charge is -2.24. The topological polar surface area (TPSA) is 82.0 Å². The van der Waals surface area contributed by atoms with Gasteiger partial charge in [0.15, 0.2) is 17.1 Å². The number of hydrogen-bond donors (Lipinski definition) is 1. The highest BCUT2D eigenvalue weighted by Gasteiger charge is 2.36. The molecule has 9 heteroatoms. The van der Waals surface area contributed by atoms with Crippen molar-refractivity contribution in [3.05, 3.63) is 82.1 Å². The Morgan fingerprint density at radius 3 is 2.54 bits per heavy atom. The third-order valence-electron chi connectivity index (χ3n) is 6.45. The van der Waals surface area contributed by atoms with Crippen molar-refractivity contribution in [3.8, 4) is 11.5 Å². The van der Waals surface area contributed by atoms with Crippen LogP contribution in [0.1, 0.15) is 54.9 Å². The van der Waals surface area contributed by atoms with Crippen LogP contribution in [0.25, 0.3) is 0 Å². The molecule has 2 aliphatic rings. The molecule has 0 spiro atoms. The third-order valence-corrected chi connectivity index (χ3v) is 7.02. The van der Waals surface area contributed by atoms with Gasteiger partial charge in [0.2, 0.25) is 0 Å². The molecule has 2 heterocycles. The summed E-state index contributed by atoms with van der Waals surface area (Å²) in [6.07, 6.45) is 7.83. The summed E-state index contributed by atoms with van der Waals surface area (Å²) >= 11 is 12.4. The Kier molecular flexibility index (Phi) is 7.53. The molecule has 1 N–H and O–H groups in total. The molecule has 0 saturated heterocycles. The highest BCUT2D eigenvalue weighted by Crippen LogP contribution is 2.36. The van der Waals surface area contributed by atoms with Crippen molar-refractivity contribution in [3.63, 3.8) is 0 Å². The van der Waals surface area contributed by atoms with Gasteiger partial charge >= 0.3 is 0 Å². The highest BCUT2D eigenvalue weighted by molar-refractivity contribution is 6.39. The van der Waals surface area contributed by atoms with Crippen molar-refractivity contribution in [1.29, 1.82) is 0 Å². The minimum atomic E-state index is -0.661. The fourth-order valence-electron chi connectivity index (χ4n) is 4.44. The largest absolute Gasteiger partial charge is 0.487 e. The van der Waals surface area contributed by atoms with Crippen molar-refractivity contribution in [1.82, 2.24) is 4.98 Å². The minimum Gasteiger partial charge on any atom is -0.487 e. The van der Waals surface area contributed by atoms with Gasteiger partial charge in [-0.3, -0.25) is 9.78 Å². The second-order valence-corrected chi connectivity index (χ2v) is 10.3. The second kappa shape index (κ2) is 11.0. The van der Waals surface area contributed by atoms with Gasteiger partial charge in [-0.25, -0.2) is 0 Å². The molecule has 1 fully saturated rings. The van der Waals surface area contributed by atoms with E-state index in [0.29, 0.717) is 29.2 Å². The lowest BCUT2D eigenvalue weighted by molar-refractivity contribution is -0.0363. The summed E-state index contributed by atoms with van der Waals surface area (Å²) in [6.45, 7) is 2.18. The van der Waals surface area contributed by atoms with Gasteiger partial charge in [0.05, 0.1) is 27.5 Å². The average molecular weight is 540 g/mol. The lowest BCUT2D eigenvalue weighted by Crippen LogP contribution is -2.33. The number of hydrogen-bond acceptors (Lipinski definition) is 6. The van der Waals surface area contributed by atoms with Gasteiger partial charge in [0, 0.05) is 24.4 Å². The van der Waals surface area contributed by atoms with E-state index >= 15 is 0 Å². The summed E-state index contributed by atoms with van der Waals surface area (Å²) in [4.78, 5) is 22.8. The first-order valence-electron chi connectivity index (χ1n) is 12.2. The fourth-order valence-corrected chi connectivity index (χ4v) is 4.90. The number of amides is 1. The second-order valence-electron chi connectivity index (χ2n) is 9.53. The first kappa shape index (κ1) is 25.4. The normalized spacial score (nSPS) is 19.3. The van der Waals surface area contributed by atoms with Crippen LogP contribution >= 0.6 is 23.2 Å². The van der Waals surface area contributed by atoms with E-state index < -0.39 is 5.60 Å². The van der Waals surface area contributed by atoms with E-state index in [4.69, 9.17) is 37.5 Å². The number of carbonyl (C=O) groups is 1. The number of oxime groups is 1. The number of halogens is 2. The number of benzene rings is 2. The zero-order valence-corrected chi connectivity index (χ0v) is 21.9. The molecule has 5 rings (SSSR count). The van der Waals surface area contributed by atoms with Crippen LogP contribution in [-0.2, 0) is 4.84 Å². The van der Waals surface area contributed by atoms with E-state index in [9.17, 15) is 4.79 Å². The quantitative estimate of drug-likeness (QED) is 0.335. The molecule has 0 radical (unpaired) electrons. The Bertz CT molecular complexity index is 1290. The number of aromatic nitrogens is 1. The molecule has 7 nitrogen and oxygen atoms in total. The number of carbonyl (C=O) groups excluding carboxylic acids is 1. The van der Waals surface area contributed by atoms with E-state index in [1.165, 1.54) is 12.4 Å². The smallest absolute Gasteiger partial charge is 0.255 e. The monoisotopic (exact) mass is 539 g/mol. The maximum absolute atomic E-state index is 13.1. The SMILES string of the molecule is CC1(COc2cc(C(=O)Nc3c(Cl)cncc3Cl)ccc2OC2CCCC2)CC(c2ccccc2)=NO1. The number of nitrogens with zero attached hydrogens (tertiary/aromatic N) is 2. The molecule has 1 saturated carbocycles. The Labute approximate surface area is 225 Å². The molecule has 1 amide bonds. The van der Waals surface area contributed by atoms with Crippen LogP contribution in [0.15, 0.2) is 66.1 Å². The maximum atomic E-state index is 13.1. The van der Waals surface area contributed by atoms with Crippen molar-refractivity contribution >= 4 is 40.5 Å². The van der Waals surface area contributed by atoms with Crippen LogP contribution in [0.5, 0.6) is 11.5 Å². The van der Waals surface area contributed by atoms with Gasteiger partial charge < -0.3 is 19.6 Å². The van der Waals surface area contributed by atoms with E-state index in [1.807, 2.05) is 37.3 Å². The first-order valence-corrected chi connectivity index (χ1v) is 13.0. The molecule has 2 aromatic carbocycles. The zero-order chi connectivity index (χ0) is 25.8. The van der Waals surface area contributed by atoms with Crippen molar-refractivity contribution in [2.24, 2.45) is 5.16 Å². The number of pyridine rings is 1. The van der Waals surface area contributed by atoms with Crippen molar-refractivity contribution in [2.45, 2.75) is 50.7 Å². The molecule has 37 heavy (non-hydrogen) atoms. The summed E-state index contributed by atoms with van der Waals surface area (Å²) in [7, 11) is 0. The average Bonchev–Trinajstić information content (AvgIpc) is 3.56. The van der Waals surface area contributed by atoms with E-state index in [0.717, 1.165) is 37.0 Å². The van der Waals surface area contributed by atoms with Crippen LogP contribution in [0.4, 0.5) is 5.69 Å². The first-order chi connectivity index (χ1) is 17.9. The molecule has 1 aliphatic carbocycles. The van der Waals surface area contributed by atoms with Gasteiger partial charge in [-0.1, -0.05) is 58.7 Å². The third kappa shape index (κ3) is 6.00. The molecule has 1 unspecified atom stereocenters. The Morgan fingerprint density at radius 2 is 1.81 bits per heavy atom. The maximum Gasteiger partial charge on any atom is 0.255 e. The van der Waals surface area contributed by atoms with Gasteiger partial charge in [-0.2, -0.15) is 0 Å². The summed E-state index contributed by atoms with van der Waals surface area (Å²) in [5.74, 6) is 0.670. The number of rotatable bonds is 8. The molecule has 192 valence electrons. The lowest BCUT2D eigenvalue weighted by atomic mass is 9.97. The summed E-state index contributed by atoms with van der Waals surface area (Å²) in [5.41, 5.74) is 1.90. The van der Waals surface area contributed by atoms with Crippen LogP contribution in [-0.4, -0.2) is 34.9 Å². The van der Waals surface area contributed by atoms with E-state index in [-0.39, 0.29) is 28.7 Å². The standard InChI is InChI=1S/C28H27Cl2N3O4/c1-28(14-23(33-37-28)18-7-3-2-4-8-18)17-35-25-13-19(11-12-24(25)36-20-9-5-6-10-20)27(34)32-26-21(29)15-31-16-22(26)30/h2-4,7-8,11-13,15-16,20H,5-6,9-10,14,17H2,1H3,(H,31,32,34). The molecule has 3 aromatic rings. The number of ether oxygens (including phenoxy) is 2. The van der Waals surface area contributed by atoms with E-state index in [1.54, 1.807) is 18.2 Å². The van der Waals surface area contributed by atoms with Crippen LogP contribution in [0, 0.1) is 0 Å². The van der Waals surface area contributed by atoms with Crippen molar-refractivity contribution < 1.29 is 19.1 Å². The van der Waals surface area contributed by atoms with Crippen molar-refractivity contribution in [2.75, 3.05) is 11.9 Å². The van der Waals surface area contributed by atoms with Gasteiger partial charge in [-0.15, -0.1) is 0 Å². The number of nitrogens with one attached hydrogen (secondary N) is 1. The summed E-state index contributed by atoms with van der Waals surface area (Å²) in [5, 5.41) is 7.56. The van der Waals surface area contributed by atoms with Crippen LogP contribution in [0.2, 0.25) is 10.0 Å². The molecule has 1 aliphatic heterocycles. The highest BCUT2D eigenvalue weighted by atomic mass is 35.5. The molecule has 1 aromatic heterocycles. The summed E-state index contributed by atoms with van der Waals surface area (Å²) in [6, 6.07) is 15.0. The molecule has 0 bridgehead atoms. The van der Waals surface area contributed by atoms with Crippen LogP contribution < -0.4 is 14.8 Å². The van der Waals surface area contributed by atoms with Crippen LogP contribution in [0.3, 0.4) is 0 Å². The molecular formula is C28H27Cl2N3O4. The Hall–Kier alpha value is -3.29. The van der Waals surface area contributed by atoms with Gasteiger partial charge in [0.1, 0.15) is 6.61 Å². The molecular weight excluding hydrogens is 513 g/mol. The fraction of sp³-hybridized carbons (Fsp3) is 0.321. The zero-order valence-electron chi connectivity index (χ0n) is 20.4. The Balaban J connectivity index is 1.34. The number of anilines is 1. The minimum absolute atomic E-state index is 0.128. The predicted octanol–water partition coefficient (Wildman–Crippen LogP) is 6.92. The molecule has 1 atom stereocenters. The Morgan fingerprint density at radius 1 is 1.08 bits per heavy atom. The van der Waals surface area contributed by atoms with E-state index in [2.05, 4.69) is 15.5 Å². The van der Waals surface area contributed by atoms with Gasteiger partial charge in [-0.05, 0) is 56.4 Å². The predicted molar refractivity (Wildman–Crippen MR) is 144 cm³/mol.